The third kappa shape index (κ3) is 7.90. The first-order chi connectivity index (χ1) is 8.22. The van der Waals surface area contributed by atoms with Crippen molar-refractivity contribution in [2.24, 2.45) is 0 Å². The zero-order chi connectivity index (χ0) is 14.3. The molecule has 1 rings (SSSR count). The maximum atomic E-state index is 13.1. The summed E-state index contributed by atoms with van der Waals surface area (Å²) in [5.74, 6) is -0.349. The van der Waals surface area contributed by atoms with E-state index in [1.165, 1.54) is 12.1 Å². The van der Waals surface area contributed by atoms with E-state index in [4.69, 9.17) is 5.41 Å². The summed E-state index contributed by atoms with van der Waals surface area (Å²) in [6, 6.07) is 4.44. The SMILES string of the molecule is C=C(C)Nc1cc(F)cc(C(C)=N)c1.CC(C)S. The van der Waals surface area contributed by atoms with Gasteiger partial charge in [0.25, 0.3) is 0 Å². The van der Waals surface area contributed by atoms with Gasteiger partial charge in [-0.15, -0.1) is 0 Å². The zero-order valence-corrected chi connectivity index (χ0v) is 12.2. The molecule has 0 amide bonds. The predicted octanol–water partition coefficient (Wildman–Crippen LogP) is 4.48. The molecule has 0 radical (unpaired) electrons. The molecule has 0 spiro atoms. The Kier molecular flexibility index (Phi) is 7.36. The van der Waals surface area contributed by atoms with Gasteiger partial charge in [0.2, 0.25) is 0 Å². The molecule has 0 unspecified atom stereocenters. The fraction of sp³-hybridized carbons (Fsp3) is 0.357. The summed E-state index contributed by atoms with van der Waals surface area (Å²) >= 11 is 3.97. The fourth-order valence-corrected chi connectivity index (χ4v) is 1.12. The summed E-state index contributed by atoms with van der Waals surface area (Å²) in [7, 11) is 0. The number of anilines is 1. The highest BCUT2D eigenvalue weighted by atomic mass is 32.1. The molecule has 2 nitrogen and oxygen atoms in total. The molecular weight excluding hydrogens is 247 g/mol. The lowest BCUT2D eigenvalue weighted by molar-refractivity contribution is 0.628. The molecule has 2 N–H and O–H groups in total. The lowest BCUT2D eigenvalue weighted by Crippen LogP contribution is -1.99. The highest BCUT2D eigenvalue weighted by Crippen LogP contribution is 2.15. The van der Waals surface area contributed by atoms with Gasteiger partial charge in [0, 0.05) is 17.1 Å². The Morgan fingerprint density at radius 3 is 2.22 bits per heavy atom. The van der Waals surface area contributed by atoms with Gasteiger partial charge in [0.1, 0.15) is 5.82 Å². The number of rotatable bonds is 3. The van der Waals surface area contributed by atoms with E-state index in [1.807, 2.05) is 13.8 Å². The van der Waals surface area contributed by atoms with Crippen LogP contribution in [0.15, 0.2) is 30.5 Å². The summed E-state index contributed by atoms with van der Waals surface area (Å²) in [6.07, 6.45) is 0. The van der Waals surface area contributed by atoms with Crippen LogP contribution in [0.5, 0.6) is 0 Å². The summed E-state index contributed by atoms with van der Waals surface area (Å²) in [6.45, 7) is 11.1. The minimum Gasteiger partial charge on any atom is -0.360 e. The van der Waals surface area contributed by atoms with Gasteiger partial charge in [0.15, 0.2) is 0 Å². The van der Waals surface area contributed by atoms with Crippen LogP contribution < -0.4 is 5.32 Å². The number of allylic oxidation sites excluding steroid dienone is 1. The van der Waals surface area contributed by atoms with Gasteiger partial charge in [-0.2, -0.15) is 12.6 Å². The minimum absolute atomic E-state index is 0.342. The molecule has 100 valence electrons. The van der Waals surface area contributed by atoms with Crippen LogP contribution in [0.3, 0.4) is 0 Å². The fourth-order valence-electron chi connectivity index (χ4n) is 1.12. The molecule has 0 bridgehead atoms. The van der Waals surface area contributed by atoms with E-state index < -0.39 is 0 Å². The first-order valence-electron chi connectivity index (χ1n) is 5.69. The van der Waals surface area contributed by atoms with Gasteiger partial charge in [-0.3, -0.25) is 0 Å². The quantitative estimate of drug-likeness (QED) is 0.548. The van der Waals surface area contributed by atoms with Crippen molar-refractivity contribution >= 4 is 24.0 Å². The van der Waals surface area contributed by atoms with Crippen LogP contribution in [-0.4, -0.2) is 11.0 Å². The van der Waals surface area contributed by atoms with E-state index in [1.54, 1.807) is 19.9 Å². The summed E-state index contributed by atoms with van der Waals surface area (Å²) in [5, 5.41) is 10.8. The van der Waals surface area contributed by atoms with Crippen LogP contribution in [0.2, 0.25) is 0 Å². The minimum atomic E-state index is -0.349. The Balaban J connectivity index is 0.000000631. The monoisotopic (exact) mass is 268 g/mol. The molecule has 0 saturated heterocycles. The number of hydrogen-bond acceptors (Lipinski definition) is 3. The van der Waals surface area contributed by atoms with Gasteiger partial charge >= 0.3 is 0 Å². The second-order valence-corrected chi connectivity index (χ2v) is 5.39. The van der Waals surface area contributed by atoms with Gasteiger partial charge in [-0.25, -0.2) is 4.39 Å². The van der Waals surface area contributed by atoms with E-state index in [2.05, 4.69) is 24.5 Å². The van der Waals surface area contributed by atoms with E-state index >= 15 is 0 Å². The highest BCUT2D eigenvalue weighted by molar-refractivity contribution is 7.80. The summed E-state index contributed by atoms with van der Waals surface area (Å²) in [5.41, 5.74) is 2.28. The number of thiol groups is 1. The predicted molar refractivity (Wildman–Crippen MR) is 81.5 cm³/mol. The van der Waals surface area contributed by atoms with Crippen LogP contribution in [0.4, 0.5) is 10.1 Å². The van der Waals surface area contributed by atoms with Gasteiger partial charge in [-0.05, 0) is 42.9 Å². The van der Waals surface area contributed by atoms with Crippen LogP contribution in [-0.2, 0) is 0 Å². The van der Waals surface area contributed by atoms with Crippen molar-refractivity contribution in [3.8, 4) is 0 Å². The molecular formula is C14H21FN2S. The lowest BCUT2D eigenvalue weighted by Gasteiger charge is -2.07. The molecule has 0 saturated carbocycles. The van der Waals surface area contributed by atoms with Crippen molar-refractivity contribution in [3.63, 3.8) is 0 Å². The Morgan fingerprint density at radius 1 is 1.33 bits per heavy atom. The zero-order valence-electron chi connectivity index (χ0n) is 11.3. The smallest absolute Gasteiger partial charge is 0.125 e. The largest absolute Gasteiger partial charge is 0.360 e. The maximum Gasteiger partial charge on any atom is 0.125 e. The first kappa shape index (κ1) is 16.7. The van der Waals surface area contributed by atoms with Crippen molar-refractivity contribution in [1.29, 1.82) is 5.41 Å². The topological polar surface area (TPSA) is 35.9 Å². The van der Waals surface area contributed by atoms with Crippen molar-refractivity contribution in [2.75, 3.05) is 5.32 Å². The van der Waals surface area contributed by atoms with Gasteiger partial charge < -0.3 is 10.7 Å². The summed E-state index contributed by atoms with van der Waals surface area (Å²) in [4.78, 5) is 0. The number of benzene rings is 1. The van der Waals surface area contributed by atoms with Crippen molar-refractivity contribution in [3.05, 3.63) is 41.9 Å². The van der Waals surface area contributed by atoms with Crippen molar-refractivity contribution < 1.29 is 4.39 Å². The molecule has 0 fully saturated rings. The Bertz CT molecular complexity index is 425. The summed E-state index contributed by atoms with van der Waals surface area (Å²) < 4.78 is 13.1. The average Bonchev–Trinajstić information content (AvgIpc) is 2.14. The van der Waals surface area contributed by atoms with E-state index in [0.29, 0.717) is 22.2 Å². The highest BCUT2D eigenvalue weighted by Gasteiger charge is 2.02. The molecule has 0 aliphatic heterocycles. The Labute approximate surface area is 114 Å². The molecule has 0 atom stereocenters. The third-order valence-electron chi connectivity index (χ3n) is 1.69. The van der Waals surface area contributed by atoms with E-state index in [9.17, 15) is 4.39 Å². The number of nitrogens with one attached hydrogen (secondary N) is 2. The van der Waals surface area contributed by atoms with Gasteiger partial charge in [-0.1, -0.05) is 20.4 Å². The molecule has 0 aliphatic carbocycles. The van der Waals surface area contributed by atoms with E-state index in [-0.39, 0.29) is 5.82 Å². The van der Waals surface area contributed by atoms with E-state index in [0.717, 1.165) is 5.70 Å². The second kappa shape index (κ2) is 7.93. The lowest BCUT2D eigenvalue weighted by atomic mass is 10.1. The van der Waals surface area contributed by atoms with Crippen LogP contribution in [0, 0.1) is 11.2 Å². The Morgan fingerprint density at radius 2 is 1.83 bits per heavy atom. The molecule has 1 aromatic carbocycles. The standard InChI is InChI=1S/C11H13FN2.C3H8S/c1-7(2)14-11-5-9(8(3)13)4-10(12)6-11;1-3(2)4/h4-6,13-14H,1H2,2-3H3;3-4H,1-2H3. The molecule has 1 aromatic rings. The average molecular weight is 268 g/mol. The molecule has 0 aromatic heterocycles. The van der Waals surface area contributed by atoms with Crippen LogP contribution >= 0.6 is 12.6 Å². The first-order valence-corrected chi connectivity index (χ1v) is 6.20. The van der Waals surface area contributed by atoms with Gasteiger partial charge in [0.05, 0.1) is 0 Å². The number of halogens is 1. The normalized spacial score (nSPS) is 9.50. The van der Waals surface area contributed by atoms with Crippen LogP contribution in [0.25, 0.3) is 0 Å². The molecule has 0 aliphatic rings. The molecule has 18 heavy (non-hydrogen) atoms. The molecule has 4 heteroatoms. The third-order valence-corrected chi connectivity index (χ3v) is 1.69. The second-order valence-electron chi connectivity index (χ2n) is 4.35. The Hall–Kier alpha value is -1.29. The van der Waals surface area contributed by atoms with Crippen molar-refractivity contribution in [1.82, 2.24) is 0 Å². The molecule has 0 heterocycles. The number of hydrogen-bond donors (Lipinski definition) is 3. The van der Waals surface area contributed by atoms with Crippen LogP contribution in [0.1, 0.15) is 33.3 Å². The maximum absolute atomic E-state index is 13.1. The van der Waals surface area contributed by atoms with Crippen molar-refractivity contribution in [2.45, 2.75) is 32.9 Å².